The molecule has 76 valence electrons. The van der Waals surface area contributed by atoms with Crippen molar-refractivity contribution in [1.29, 1.82) is 0 Å². The third kappa shape index (κ3) is 1.34. The number of nitrogens with two attached hydrogens (primary N) is 1. The summed E-state index contributed by atoms with van der Waals surface area (Å²) in [7, 11) is 0. The summed E-state index contributed by atoms with van der Waals surface area (Å²) in [5, 5.41) is 4.14. The first kappa shape index (κ1) is 8.61. The van der Waals surface area contributed by atoms with Crippen molar-refractivity contribution >= 4 is 0 Å². The van der Waals surface area contributed by atoms with Gasteiger partial charge in [0.1, 0.15) is 12.7 Å². The normalized spacial score (nSPS) is 17.7. The van der Waals surface area contributed by atoms with Crippen molar-refractivity contribution in [3.8, 4) is 5.69 Å². The Morgan fingerprint density at radius 2 is 2.07 bits per heavy atom. The number of hydrogen-bond acceptors (Lipinski definition) is 3. The fourth-order valence-electron chi connectivity index (χ4n) is 1.83. The van der Waals surface area contributed by atoms with Crippen LogP contribution in [0.2, 0.25) is 0 Å². The number of rotatable bonds is 2. The molecule has 15 heavy (non-hydrogen) atoms. The van der Waals surface area contributed by atoms with Crippen LogP contribution in [0.25, 0.3) is 5.69 Å². The number of aromatic nitrogens is 3. The molecule has 0 aliphatic heterocycles. The Morgan fingerprint density at radius 3 is 2.73 bits per heavy atom. The highest BCUT2D eigenvalue weighted by molar-refractivity contribution is 5.46. The molecule has 1 aromatic carbocycles. The minimum Gasteiger partial charge on any atom is -0.321 e. The highest BCUT2D eigenvalue weighted by Gasteiger charge is 2.41. The standard InChI is InChI=1S/C11H12N4/c12-11(5-6-11)9-3-1-2-4-10(9)15-8-13-7-14-15/h1-4,7-8H,5-6,12H2. The number of hydrogen-bond donors (Lipinski definition) is 1. The first-order valence-electron chi connectivity index (χ1n) is 5.03. The summed E-state index contributed by atoms with van der Waals surface area (Å²) in [6.45, 7) is 0. The van der Waals surface area contributed by atoms with Crippen molar-refractivity contribution in [2.24, 2.45) is 5.73 Å². The van der Waals surface area contributed by atoms with E-state index in [9.17, 15) is 0 Å². The van der Waals surface area contributed by atoms with Gasteiger partial charge in [-0.1, -0.05) is 18.2 Å². The molecule has 0 saturated heterocycles. The van der Waals surface area contributed by atoms with E-state index in [2.05, 4.69) is 16.1 Å². The van der Waals surface area contributed by atoms with Gasteiger partial charge in [-0.2, -0.15) is 5.10 Å². The highest BCUT2D eigenvalue weighted by Crippen LogP contribution is 2.44. The van der Waals surface area contributed by atoms with Crippen LogP contribution < -0.4 is 5.73 Å². The molecule has 3 rings (SSSR count). The lowest BCUT2D eigenvalue weighted by atomic mass is 10.0. The lowest BCUT2D eigenvalue weighted by Crippen LogP contribution is -2.21. The lowest BCUT2D eigenvalue weighted by molar-refractivity contribution is 0.719. The Labute approximate surface area is 87.7 Å². The molecule has 4 heteroatoms. The molecular formula is C11H12N4. The molecule has 0 amide bonds. The molecule has 1 aliphatic carbocycles. The van der Waals surface area contributed by atoms with Crippen molar-refractivity contribution in [3.05, 3.63) is 42.5 Å². The molecule has 2 N–H and O–H groups in total. The fraction of sp³-hybridized carbons (Fsp3) is 0.273. The van der Waals surface area contributed by atoms with Crippen molar-refractivity contribution in [3.63, 3.8) is 0 Å². The van der Waals surface area contributed by atoms with E-state index in [0.29, 0.717) is 0 Å². The van der Waals surface area contributed by atoms with E-state index in [0.717, 1.165) is 24.1 Å². The lowest BCUT2D eigenvalue weighted by Gasteiger charge is -2.14. The van der Waals surface area contributed by atoms with Gasteiger partial charge in [0.05, 0.1) is 5.69 Å². The molecule has 1 aliphatic rings. The zero-order valence-electron chi connectivity index (χ0n) is 8.30. The summed E-state index contributed by atoms with van der Waals surface area (Å²) >= 11 is 0. The third-order valence-electron chi connectivity index (χ3n) is 2.89. The Balaban J connectivity index is 2.15. The summed E-state index contributed by atoms with van der Waals surface area (Å²) in [6, 6.07) is 8.11. The Hall–Kier alpha value is -1.68. The van der Waals surface area contributed by atoms with Gasteiger partial charge in [0, 0.05) is 5.54 Å². The fourth-order valence-corrected chi connectivity index (χ4v) is 1.83. The maximum atomic E-state index is 6.21. The Kier molecular flexibility index (Phi) is 1.67. The van der Waals surface area contributed by atoms with Crippen LogP contribution in [0.4, 0.5) is 0 Å². The summed E-state index contributed by atoms with van der Waals surface area (Å²) in [5.74, 6) is 0. The largest absolute Gasteiger partial charge is 0.321 e. The average molecular weight is 200 g/mol. The van der Waals surface area contributed by atoms with Gasteiger partial charge < -0.3 is 5.73 Å². The maximum absolute atomic E-state index is 6.21. The molecule has 0 spiro atoms. The van der Waals surface area contributed by atoms with Crippen LogP contribution in [-0.4, -0.2) is 14.8 Å². The zero-order chi connectivity index (χ0) is 10.3. The van der Waals surface area contributed by atoms with Crippen LogP contribution >= 0.6 is 0 Å². The van der Waals surface area contributed by atoms with E-state index < -0.39 is 0 Å². The molecule has 0 unspecified atom stereocenters. The molecule has 1 heterocycles. The van der Waals surface area contributed by atoms with Crippen molar-refractivity contribution in [2.45, 2.75) is 18.4 Å². The Bertz CT molecular complexity index is 471. The summed E-state index contributed by atoms with van der Waals surface area (Å²) in [4.78, 5) is 3.95. The van der Waals surface area contributed by atoms with Gasteiger partial charge in [-0.05, 0) is 24.5 Å². The van der Waals surface area contributed by atoms with Gasteiger partial charge in [-0.25, -0.2) is 9.67 Å². The van der Waals surface area contributed by atoms with E-state index in [1.54, 1.807) is 11.0 Å². The van der Waals surface area contributed by atoms with E-state index in [1.165, 1.54) is 6.33 Å². The monoisotopic (exact) mass is 200 g/mol. The molecule has 0 bridgehead atoms. The number of benzene rings is 1. The predicted octanol–water partition coefficient (Wildman–Crippen LogP) is 1.22. The quantitative estimate of drug-likeness (QED) is 0.792. The molecule has 1 aromatic heterocycles. The third-order valence-corrected chi connectivity index (χ3v) is 2.89. The van der Waals surface area contributed by atoms with Crippen LogP contribution in [0.1, 0.15) is 18.4 Å². The molecule has 4 nitrogen and oxygen atoms in total. The van der Waals surface area contributed by atoms with Gasteiger partial charge in [0.15, 0.2) is 0 Å². The zero-order valence-corrected chi connectivity index (χ0v) is 8.30. The van der Waals surface area contributed by atoms with E-state index in [4.69, 9.17) is 5.73 Å². The molecule has 2 aromatic rings. The van der Waals surface area contributed by atoms with Gasteiger partial charge in [0.25, 0.3) is 0 Å². The summed E-state index contributed by atoms with van der Waals surface area (Å²) in [5.41, 5.74) is 8.28. The van der Waals surface area contributed by atoms with Crippen LogP contribution in [0.15, 0.2) is 36.9 Å². The first-order chi connectivity index (χ1) is 7.30. The van der Waals surface area contributed by atoms with Crippen LogP contribution in [0.3, 0.4) is 0 Å². The van der Waals surface area contributed by atoms with Gasteiger partial charge >= 0.3 is 0 Å². The van der Waals surface area contributed by atoms with Crippen molar-refractivity contribution in [1.82, 2.24) is 14.8 Å². The SMILES string of the molecule is NC1(c2ccccc2-n2cncn2)CC1. The molecule has 0 atom stereocenters. The van der Waals surface area contributed by atoms with Crippen molar-refractivity contribution < 1.29 is 0 Å². The molecule has 1 saturated carbocycles. The van der Waals surface area contributed by atoms with Crippen molar-refractivity contribution in [2.75, 3.05) is 0 Å². The van der Waals surface area contributed by atoms with Gasteiger partial charge in [-0.3, -0.25) is 0 Å². The average Bonchev–Trinajstić information content (AvgIpc) is 2.84. The molecule has 1 fully saturated rings. The summed E-state index contributed by atoms with van der Waals surface area (Å²) in [6.07, 6.45) is 5.34. The van der Waals surface area contributed by atoms with E-state index in [-0.39, 0.29) is 5.54 Å². The minimum atomic E-state index is -0.136. The van der Waals surface area contributed by atoms with Crippen LogP contribution in [0, 0.1) is 0 Å². The van der Waals surface area contributed by atoms with Gasteiger partial charge in [0.2, 0.25) is 0 Å². The molecule has 0 radical (unpaired) electrons. The number of nitrogens with zero attached hydrogens (tertiary/aromatic N) is 3. The van der Waals surface area contributed by atoms with E-state index in [1.807, 2.05) is 18.2 Å². The summed E-state index contributed by atoms with van der Waals surface area (Å²) < 4.78 is 1.77. The second-order valence-corrected chi connectivity index (χ2v) is 4.01. The minimum absolute atomic E-state index is 0.136. The van der Waals surface area contributed by atoms with E-state index >= 15 is 0 Å². The first-order valence-corrected chi connectivity index (χ1v) is 5.03. The smallest absolute Gasteiger partial charge is 0.138 e. The Morgan fingerprint density at radius 1 is 1.27 bits per heavy atom. The second-order valence-electron chi connectivity index (χ2n) is 4.01. The second kappa shape index (κ2) is 2.90. The number of para-hydroxylation sites is 1. The maximum Gasteiger partial charge on any atom is 0.138 e. The predicted molar refractivity (Wildman–Crippen MR) is 56.5 cm³/mol. The topological polar surface area (TPSA) is 56.7 Å². The van der Waals surface area contributed by atoms with Gasteiger partial charge in [-0.15, -0.1) is 0 Å². The molecular weight excluding hydrogens is 188 g/mol. The van der Waals surface area contributed by atoms with Crippen LogP contribution in [0.5, 0.6) is 0 Å². The highest BCUT2D eigenvalue weighted by atomic mass is 15.3. The van der Waals surface area contributed by atoms with Crippen LogP contribution in [-0.2, 0) is 5.54 Å².